The van der Waals surface area contributed by atoms with Crippen molar-refractivity contribution in [2.24, 2.45) is 11.7 Å². The van der Waals surface area contributed by atoms with Crippen molar-refractivity contribution in [2.75, 3.05) is 0 Å². The van der Waals surface area contributed by atoms with Gasteiger partial charge >= 0.3 is 0 Å². The first kappa shape index (κ1) is 17.5. The maximum atomic E-state index is 6.43. The van der Waals surface area contributed by atoms with E-state index in [1.807, 2.05) is 43.4 Å². The van der Waals surface area contributed by atoms with Crippen molar-refractivity contribution in [3.8, 4) is 11.3 Å². The van der Waals surface area contributed by atoms with E-state index in [9.17, 15) is 0 Å². The lowest BCUT2D eigenvalue weighted by Gasteiger charge is -2.11. The van der Waals surface area contributed by atoms with Gasteiger partial charge in [0.1, 0.15) is 5.82 Å². The van der Waals surface area contributed by atoms with E-state index in [0.29, 0.717) is 10.7 Å². The van der Waals surface area contributed by atoms with Gasteiger partial charge in [-0.2, -0.15) is 0 Å². The number of hydrazine groups is 2. The third-order valence-corrected chi connectivity index (χ3v) is 4.72. The number of aromatic amines is 1. The average molecular weight is 379 g/mol. The van der Waals surface area contributed by atoms with E-state index in [4.69, 9.17) is 23.3 Å². The molecule has 0 bridgehead atoms. The van der Waals surface area contributed by atoms with Crippen molar-refractivity contribution in [1.82, 2.24) is 20.1 Å². The van der Waals surface area contributed by atoms with Crippen LogP contribution in [0.2, 0.25) is 5.02 Å². The fourth-order valence-electron chi connectivity index (χ4n) is 3.08. The quantitative estimate of drug-likeness (QED) is 0.475. The van der Waals surface area contributed by atoms with Crippen LogP contribution in [0.5, 0.6) is 0 Å². The standard InChI is InChI=1S/C20H19ClN6/c1-12-24-18-11-17(21)19(26-20(18)25-12)15-7-5-14(6-8-15)13-3-2-4-16(10-9-13)27(22)23/h3-11H,2,22-23H2,1H3,(H,24,25,26). The van der Waals surface area contributed by atoms with Crippen LogP contribution in [0.1, 0.15) is 17.8 Å². The molecule has 0 spiro atoms. The van der Waals surface area contributed by atoms with Crippen LogP contribution in [0.4, 0.5) is 0 Å². The molecule has 7 heteroatoms. The Morgan fingerprint density at radius 3 is 2.52 bits per heavy atom. The van der Waals surface area contributed by atoms with Crippen LogP contribution in [0.3, 0.4) is 0 Å². The first-order valence-electron chi connectivity index (χ1n) is 8.53. The van der Waals surface area contributed by atoms with Gasteiger partial charge in [0.15, 0.2) is 5.65 Å². The Hall–Kier alpha value is -2.93. The van der Waals surface area contributed by atoms with Gasteiger partial charge in [-0.3, -0.25) is 0 Å². The molecule has 0 fully saturated rings. The number of allylic oxidation sites excluding steroid dienone is 5. The predicted octanol–water partition coefficient (Wildman–Crippen LogP) is 3.86. The summed E-state index contributed by atoms with van der Waals surface area (Å²) in [6.45, 7) is 1.90. The normalized spacial score (nSPS) is 14.1. The van der Waals surface area contributed by atoms with Crippen molar-refractivity contribution >= 4 is 28.3 Å². The fourth-order valence-corrected chi connectivity index (χ4v) is 3.34. The number of hydrogen-bond donors (Lipinski definition) is 3. The highest BCUT2D eigenvalue weighted by Gasteiger charge is 2.11. The molecule has 0 aliphatic heterocycles. The summed E-state index contributed by atoms with van der Waals surface area (Å²) in [6, 6.07) is 10.00. The molecule has 0 saturated carbocycles. The first-order valence-corrected chi connectivity index (χ1v) is 8.90. The Kier molecular flexibility index (Phi) is 4.53. The maximum Gasteiger partial charge on any atom is 0.178 e. The molecule has 136 valence electrons. The van der Waals surface area contributed by atoms with Crippen LogP contribution >= 0.6 is 11.6 Å². The van der Waals surface area contributed by atoms with E-state index in [1.165, 1.54) is 0 Å². The van der Waals surface area contributed by atoms with E-state index in [-0.39, 0.29) is 0 Å². The van der Waals surface area contributed by atoms with E-state index < -0.39 is 0 Å². The van der Waals surface area contributed by atoms with Gasteiger partial charge in [0.25, 0.3) is 0 Å². The molecule has 1 aliphatic carbocycles. The van der Waals surface area contributed by atoms with Crippen LogP contribution < -0.4 is 11.7 Å². The van der Waals surface area contributed by atoms with E-state index in [2.05, 4.69) is 33.2 Å². The second-order valence-electron chi connectivity index (χ2n) is 6.35. The summed E-state index contributed by atoms with van der Waals surface area (Å²) < 4.78 is 0. The molecule has 2 aromatic heterocycles. The monoisotopic (exact) mass is 378 g/mol. The Morgan fingerprint density at radius 2 is 1.78 bits per heavy atom. The highest BCUT2D eigenvalue weighted by molar-refractivity contribution is 6.33. The maximum absolute atomic E-state index is 6.43. The van der Waals surface area contributed by atoms with Crippen molar-refractivity contribution in [3.05, 3.63) is 76.7 Å². The molecule has 5 N–H and O–H groups in total. The zero-order valence-corrected chi connectivity index (χ0v) is 15.5. The summed E-state index contributed by atoms with van der Waals surface area (Å²) in [5, 5.41) is 1.71. The number of H-pyrrole nitrogens is 1. The molecule has 1 aliphatic rings. The summed E-state index contributed by atoms with van der Waals surface area (Å²) in [7, 11) is 0. The number of benzene rings is 1. The van der Waals surface area contributed by atoms with Gasteiger partial charge in [0.2, 0.25) is 0 Å². The van der Waals surface area contributed by atoms with Crippen LogP contribution in [0.25, 0.3) is 28.0 Å². The van der Waals surface area contributed by atoms with Gasteiger partial charge in [-0.1, -0.05) is 54.1 Å². The third kappa shape index (κ3) is 3.50. The van der Waals surface area contributed by atoms with Gasteiger partial charge in [0.05, 0.1) is 21.9 Å². The van der Waals surface area contributed by atoms with Crippen molar-refractivity contribution in [1.29, 1.82) is 0 Å². The van der Waals surface area contributed by atoms with Gasteiger partial charge < -0.3 is 4.98 Å². The minimum Gasteiger partial charge on any atom is -0.341 e. The Balaban J connectivity index is 1.64. The minimum atomic E-state index is 0.590. The molecular weight excluding hydrogens is 360 g/mol. The molecule has 2 heterocycles. The molecule has 0 amide bonds. The number of nitrogens with two attached hydrogens (primary N) is 2. The van der Waals surface area contributed by atoms with Crippen LogP contribution in [0, 0.1) is 6.92 Å². The van der Waals surface area contributed by atoms with Gasteiger partial charge in [-0.25, -0.2) is 26.8 Å². The lowest BCUT2D eigenvalue weighted by Crippen LogP contribution is -2.36. The van der Waals surface area contributed by atoms with Crippen LogP contribution in [-0.4, -0.2) is 20.1 Å². The minimum absolute atomic E-state index is 0.590. The van der Waals surface area contributed by atoms with E-state index in [0.717, 1.165) is 51.0 Å². The van der Waals surface area contributed by atoms with Crippen molar-refractivity contribution in [2.45, 2.75) is 13.3 Å². The number of hydrogen-bond acceptors (Lipinski definition) is 5. The summed E-state index contributed by atoms with van der Waals surface area (Å²) in [5.41, 5.74) is 6.14. The number of nitrogens with one attached hydrogen (secondary N) is 1. The van der Waals surface area contributed by atoms with Gasteiger partial charge in [-0.05, 0) is 36.6 Å². The highest BCUT2D eigenvalue weighted by atomic mass is 35.5. The number of rotatable bonds is 3. The SMILES string of the molecule is Cc1nc2nc(-c3ccc(C4=CCC=C(N(N)N)C=C4)cc3)c(Cl)cc2[nH]1. The summed E-state index contributed by atoms with van der Waals surface area (Å²) in [6.07, 6.45) is 8.77. The molecule has 4 rings (SSSR count). The zero-order chi connectivity index (χ0) is 19.0. The molecular formula is C20H19ClN6. The molecule has 0 unspecified atom stereocenters. The van der Waals surface area contributed by atoms with Crippen LogP contribution in [-0.2, 0) is 0 Å². The number of fused-ring (bicyclic) bond motifs is 1. The second kappa shape index (κ2) is 7.00. The second-order valence-corrected chi connectivity index (χ2v) is 6.76. The lowest BCUT2D eigenvalue weighted by molar-refractivity contribution is 0.388. The van der Waals surface area contributed by atoms with E-state index in [1.54, 1.807) is 0 Å². The van der Waals surface area contributed by atoms with Crippen molar-refractivity contribution < 1.29 is 0 Å². The molecule has 0 atom stereocenters. The number of aromatic nitrogens is 3. The van der Waals surface area contributed by atoms with Crippen LogP contribution in [0.15, 0.2) is 60.3 Å². The Labute approximate surface area is 161 Å². The molecule has 27 heavy (non-hydrogen) atoms. The van der Waals surface area contributed by atoms with E-state index >= 15 is 0 Å². The summed E-state index contributed by atoms with van der Waals surface area (Å²) in [5.74, 6) is 12.0. The largest absolute Gasteiger partial charge is 0.341 e. The predicted molar refractivity (Wildman–Crippen MR) is 109 cm³/mol. The smallest absolute Gasteiger partial charge is 0.178 e. The average Bonchev–Trinajstić information content (AvgIpc) is 2.85. The third-order valence-electron chi connectivity index (χ3n) is 4.43. The van der Waals surface area contributed by atoms with Gasteiger partial charge in [-0.15, -0.1) is 0 Å². The first-order chi connectivity index (χ1) is 13.0. The molecule has 6 nitrogen and oxygen atoms in total. The number of aryl methyl sites for hydroxylation is 1. The molecule has 3 aromatic rings. The fraction of sp³-hybridized carbons (Fsp3) is 0.100. The zero-order valence-electron chi connectivity index (χ0n) is 14.8. The molecule has 1 aromatic carbocycles. The summed E-state index contributed by atoms with van der Waals surface area (Å²) >= 11 is 6.43. The lowest BCUT2D eigenvalue weighted by atomic mass is 10.0. The van der Waals surface area contributed by atoms with Gasteiger partial charge in [0, 0.05) is 5.56 Å². The highest BCUT2D eigenvalue weighted by Crippen LogP contribution is 2.30. The number of imidazole rings is 1. The number of halogens is 1. The Bertz CT molecular complexity index is 1090. The molecule has 0 radical (unpaired) electrons. The van der Waals surface area contributed by atoms with Crippen molar-refractivity contribution in [3.63, 3.8) is 0 Å². The number of pyridine rings is 1. The topological polar surface area (TPSA) is 96.8 Å². The summed E-state index contributed by atoms with van der Waals surface area (Å²) in [4.78, 5) is 12.1. The molecule has 0 saturated heterocycles. The number of nitrogens with zero attached hydrogens (tertiary/aromatic N) is 3. The Morgan fingerprint density at radius 1 is 1.04 bits per heavy atom.